The van der Waals surface area contributed by atoms with Crippen molar-refractivity contribution < 1.29 is 19.4 Å². The van der Waals surface area contributed by atoms with Crippen LogP contribution in [0.2, 0.25) is 0 Å². The molecule has 0 saturated carbocycles. The fraction of sp³-hybridized carbons (Fsp3) is 0.263. The summed E-state index contributed by atoms with van der Waals surface area (Å²) < 4.78 is 12.6. The molecule has 0 fully saturated rings. The van der Waals surface area contributed by atoms with Crippen molar-refractivity contribution in [3.8, 4) is 17.2 Å². The van der Waals surface area contributed by atoms with Gasteiger partial charge in [0.05, 0.1) is 15.2 Å². The lowest BCUT2D eigenvalue weighted by atomic mass is 10.0. The van der Waals surface area contributed by atoms with E-state index in [1.165, 1.54) is 6.21 Å². The van der Waals surface area contributed by atoms with Crippen LogP contribution in [0.1, 0.15) is 25.0 Å². The zero-order valence-electron chi connectivity index (χ0n) is 14.8. The molecular weight excluding hydrogens is 480 g/mol. The summed E-state index contributed by atoms with van der Waals surface area (Å²) in [6, 6.07) is 9.02. The third-order valence-electron chi connectivity index (χ3n) is 3.86. The third kappa shape index (κ3) is 4.81. The highest BCUT2D eigenvalue weighted by Crippen LogP contribution is 2.41. The average molecular weight is 498 g/mol. The molecule has 1 heterocycles. The second-order valence-electron chi connectivity index (χ2n) is 6.70. The van der Waals surface area contributed by atoms with Gasteiger partial charge in [0, 0.05) is 12.0 Å². The van der Waals surface area contributed by atoms with Gasteiger partial charge in [0.15, 0.2) is 18.1 Å². The summed E-state index contributed by atoms with van der Waals surface area (Å²) in [4.78, 5) is 12.0. The van der Waals surface area contributed by atoms with Gasteiger partial charge in [-0.05, 0) is 69.5 Å². The molecule has 1 aliphatic heterocycles. The van der Waals surface area contributed by atoms with Gasteiger partial charge in [0.2, 0.25) is 0 Å². The number of phenolic OH excluding ortho intramolecular Hbond substituents is 1. The van der Waals surface area contributed by atoms with E-state index in [0.29, 0.717) is 26.0 Å². The van der Waals surface area contributed by atoms with Gasteiger partial charge >= 0.3 is 0 Å². The number of amides is 1. The monoisotopic (exact) mass is 496 g/mol. The summed E-state index contributed by atoms with van der Waals surface area (Å²) in [5, 5.41) is 13.6. The molecule has 0 saturated heterocycles. The van der Waals surface area contributed by atoms with Gasteiger partial charge in [-0.15, -0.1) is 0 Å². The van der Waals surface area contributed by atoms with Crippen LogP contribution in [0.4, 0.5) is 0 Å². The Balaban J connectivity index is 1.56. The van der Waals surface area contributed by atoms with E-state index in [1.54, 1.807) is 18.2 Å². The maximum absolute atomic E-state index is 12.0. The van der Waals surface area contributed by atoms with Crippen LogP contribution >= 0.6 is 31.9 Å². The lowest BCUT2D eigenvalue weighted by Gasteiger charge is -2.18. The number of fused-ring (bicyclic) bond motifs is 1. The number of carbonyl (C=O) groups is 1. The molecule has 0 atom stereocenters. The number of hydrogen-bond acceptors (Lipinski definition) is 5. The quantitative estimate of drug-likeness (QED) is 0.480. The van der Waals surface area contributed by atoms with Gasteiger partial charge in [0.1, 0.15) is 11.4 Å². The predicted molar refractivity (Wildman–Crippen MR) is 110 cm³/mol. The van der Waals surface area contributed by atoms with Crippen molar-refractivity contribution in [2.75, 3.05) is 6.61 Å². The normalized spacial score (nSPS) is 14.7. The van der Waals surface area contributed by atoms with E-state index >= 15 is 0 Å². The van der Waals surface area contributed by atoms with Gasteiger partial charge in [-0.2, -0.15) is 5.10 Å². The summed E-state index contributed by atoms with van der Waals surface area (Å²) in [6.45, 7) is 3.84. The van der Waals surface area contributed by atoms with Crippen LogP contribution in [-0.4, -0.2) is 29.4 Å². The minimum Gasteiger partial charge on any atom is -0.506 e. The zero-order chi connectivity index (χ0) is 19.6. The van der Waals surface area contributed by atoms with Crippen molar-refractivity contribution in [1.29, 1.82) is 0 Å². The van der Waals surface area contributed by atoms with Crippen LogP contribution in [0.3, 0.4) is 0 Å². The number of halogens is 2. The number of nitrogens with one attached hydrogen (secondary N) is 1. The predicted octanol–water partition coefficient (Wildman–Crippen LogP) is 4.16. The molecule has 142 valence electrons. The third-order valence-corrected chi connectivity index (χ3v) is 5.06. The largest absolute Gasteiger partial charge is 0.506 e. The van der Waals surface area contributed by atoms with Crippen LogP contribution in [0.5, 0.6) is 17.2 Å². The molecule has 3 rings (SSSR count). The number of carbonyl (C=O) groups excluding carboxylic acids is 1. The van der Waals surface area contributed by atoms with Crippen LogP contribution in [0.15, 0.2) is 44.4 Å². The highest BCUT2D eigenvalue weighted by atomic mass is 79.9. The van der Waals surface area contributed by atoms with E-state index in [4.69, 9.17) is 9.47 Å². The van der Waals surface area contributed by atoms with E-state index in [1.807, 2.05) is 26.0 Å². The molecule has 1 aliphatic rings. The van der Waals surface area contributed by atoms with Gasteiger partial charge in [-0.1, -0.05) is 12.1 Å². The summed E-state index contributed by atoms with van der Waals surface area (Å²) in [5.41, 5.74) is 3.90. The molecule has 0 aromatic heterocycles. The number of aromatic hydroxyl groups is 1. The van der Waals surface area contributed by atoms with E-state index < -0.39 is 5.91 Å². The van der Waals surface area contributed by atoms with Crippen LogP contribution < -0.4 is 14.9 Å². The highest BCUT2D eigenvalue weighted by Gasteiger charge is 2.32. The Morgan fingerprint density at radius 1 is 1.37 bits per heavy atom. The lowest BCUT2D eigenvalue weighted by molar-refractivity contribution is -0.123. The molecule has 0 aliphatic carbocycles. The first-order valence-corrected chi connectivity index (χ1v) is 9.77. The van der Waals surface area contributed by atoms with E-state index in [-0.39, 0.29) is 18.0 Å². The number of hydrogen-bond donors (Lipinski definition) is 2. The second kappa shape index (κ2) is 7.90. The maximum atomic E-state index is 12.0. The number of nitrogens with zero attached hydrogens (tertiary/aromatic N) is 1. The molecule has 8 heteroatoms. The Hall–Kier alpha value is -2.06. The number of benzene rings is 2. The first-order valence-electron chi connectivity index (χ1n) is 8.19. The fourth-order valence-electron chi connectivity index (χ4n) is 2.72. The van der Waals surface area contributed by atoms with Crippen LogP contribution in [0.25, 0.3) is 0 Å². The maximum Gasteiger partial charge on any atom is 0.277 e. The SMILES string of the molecule is CC1(C)Cc2cccc(OCC(=O)N/N=C/c3cc(Br)c(O)c(Br)c3)c2O1. The van der Waals surface area contributed by atoms with Crippen LogP contribution in [0, 0.1) is 0 Å². The molecule has 0 spiro atoms. The van der Waals surface area contributed by atoms with Gasteiger partial charge in [-0.25, -0.2) is 5.43 Å². The standard InChI is InChI=1S/C19H18Br2N2O4/c1-19(2)8-12-4-3-5-15(18(12)27-19)26-10-16(24)23-22-9-11-6-13(20)17(25)14(21)7-11/h3-7,9,25H,8,10H2,1-2H3,(H,23,24)/b22-9+. The molecule has 0 radical (unpaired) electrons. The van der Waals surface area contributed by atoms with Gasteiger partial charge < -0.3 is 14.6 Å². The first-order chi connectivity index (χ1) is 12.7. The number of para-hydroxylation sites is 1. The van der Waals surface area contributed by atoms with E-state index in [9.17, 15) is 9.90 Å². The lowest BCUT2D eigenvalue weighted by Crippen LogP contribution is -2.26. The van der Waals surface area contributed by atoms with Crippen molar-refractivity contribution in [2.45, 2.75) is 25.9 Å². The summed E-state index contributed by atoms with van der Waals surface area (Å²) in [5.74, 6) is 0.949. The Bertz CT molecular complexity index is 890. The molecule has 2 aromatic rings. The Kier molecular flexibility index (Phi) is 5.76. The molecule has 0 bridgehead atoms. The van der Waals surface area contributed by atoms with E-state index in [0.717, 1.165) is 12.0 Å². The van der Waals surface area contributed by atoms with Crippen molar-refractivity contribution in [2.24, 2.45) is 5.10 Å². The van der Waals surface area contributed by atoms with Crippen molar-refractivity contribution >= 4 is 44.0 Å². The highest BCUT2D eigenvalue weighted by molar-refractivity contribution is 9.11. The van der Waals surface area contributed by atoms with Gasteiger partial charge in [-0.3, -0.25) is 4.79 Å². The van der Waals surface area contributed by atoms with Gasteiger partial charge in [0.25, 0.3) is 5.91 Å². The first kappa shape index (κ1) is 19.7. The fourth-order valence-corrected chi connectivity index (χ4v) is 3.94. The van der Waals surface area contributed by atoms with E-state index in [2.05, 4.69) is 42.4 Å². The molecule has 2 aromatic carbocycles. The average Bonchev–Trinajstić information content (AvgIpc) is 2.92. The minimum atomic E-state index is -0.391. The number of phenols is 1. The molecule has 6 nitrogen and oxygen atoms in total. The number of hydrazone groups is 1. The summed E-state index contributed by atoms with van der Waals surface area (Å²) in [7, 11) is 0. The second-order valence-corrected chi connectivity index (χ2v) is 8.41. The molecule has 1 amide bonds. The topological polar surface area (TPSA) is 80.2 Å². The Morgan fingerprint density at radius 2 is 2.07 bits per heavy atom. The molecule has 27 heavy (non-hydrogen) atoms. The Labute approximate surface area is 173 Å². The summed E-state index contributed by atoms with van der Waals surface area (Å²) >= 11 is 6.48. The smallest absolute Gasteiger partial charge is 0.277 e. The van der Waals surface area contributed by atoms with Crippen molar-refractivity contribution in [3.05, 3.63) is 50.4 Å². The molecule has 2 N–H and O–H groups in total. The van der Waals surface area contributed by atoms with Crippen molar-refractivity contribution in [3.63, 3.8) is 0 Å². The number of ether oxygens (including phenoxy) is 2. The minimum absolute atomic E-state index is 0.102. The molecular formula is C19H18Br2N2O4. The Morgan fingerprint density at radius 3 is 2.78 bits per heavy atom. The zero-order valence-corrected chi connectivity index (χ0v) is 17.9. The number of rotatable bonds is 5. The summed E-state index contributed by atoms with van der Waals surface area (Å²) in [6.07, 6.45) is 2.27. The van der Waals surface area contributed by atoms with Crippen LogP contribution in [-0.2, 0) is 11.2 Å². The molecule has 0 unspecified atom stereocenters. The van der Waals surface area contributed by atoms with Crippen molar-refractivity contribution in [1.82, 2.24) is 5.43 Å².